The van der Waals surface area contributed by atoms with E-state index in [9.17, 15) is 22.0 Å². The van der Waals surface area contributed by atoms with E-state index in [1.165, 1.54) is 25.3 Å². The largest absolute Gasteiger partial charge is 0.480 e. The summed E-state index contributed by atoms with van der Waals surface area (Å²) in [7, 11) is -3.56. The molecule has 0 aliphatic carbocycles. The van der Waals surface area contributed by atoms with Gasteiger partial charge >= 0.3 is 11.7 Å². The molecule has 1 atom stereocenters. The minimum atomic E-state index is -4.82. The van der Waals surface area contributed by atoms with E-state index in [1.54, 1.807) is 0 Å². The third-order valence-corrected chi connectivity index (χ3v) is 3.83. The molecule has 1 aromatic carbocycles. The van der Waals surface area contributed by atoms with Crippen molar-refractivity contribution in [2.45, 2.75) is 16.7 Å². The van der Waals surface area contributed by atoms with Crippen LogP contribution in [0.5, 0.6) is 0 Å². The maximum atomic E-state index is 12.6. The first kappa shape index (κ1) is 16.3. The lowest BCUT2D eigenvalue weighted by Crippen LogP contribution is -2.34. The van der Waals surface area contributed by atoms with Gasteiger partial charge in [0.1, 0.15) is 6.04 Å². The molecule has 9 heteroatoms. The molecule has 112 valence electrons. The molecule has 2 N–H and O–H groups in total. The number of halogens is 2. The smallest absolute Gasteiger partial charge is 0.341 e. The average molecular weight is 309 g/mol. The van der Waals surface area contributed by atoms with Crippen molar-refractivity contribution in [3.05, 3.63) is 24.3 Å². The molecule has 0 spiro atoms. The van der Waals surface area contributed by atoms with Gasteiger partial charge in [-0.2, -0.15) is 8.78 Å². The number of para-hydroxylation sites is 1. The first-order valence-electron chi connectivity index (χ1n) is 5.40. The maximum absolute atomic E-state index is 12.6. The Labute approximate surface area is 114 Å². The minimum Gasteiger partial charge on any atom is -0.480 e. The highest BCUT2D eigenvalue weighted by molar-refractivity contribution is 7.91. The van der Waals surface area contributed by atoms with Crippen molar-refractivity contribution in [1.29, 1.82) is 0 Å². The van der Waals surface area contributed by atoms with Gasteiger partial charge in [-0.25, -0.2) is 13.2 Å². The van der Waals surface area contributed by atoms with Crippen LogP contribution in [0.2, 0.25) is 0 Å². The number of carbonyl (C=O) groups is 1. The molecule has 0 aliphatic rings. The molecule has 0 saturated heterocycles. The van der Waals surface area contributed by atoms with Gasteiger partial charge in [0.15, 0.2) is 0 Å². The second kappa shape index (κ2) is 6.62. The Morgan fingerprint density at radius 2 is 2.00 bits per heavy atom. The normalized spacial score (nSPS) is 13.2. The minimum absolute atomic E-state index is 0.211. The van der Waals surface area contributed by atoms with E-state index in [1.807, 2.05) is 0 Å². The van der Waals surface area contributed by atoms with E-state index < -0.39 is 32.5 Å². The summed E-state index contributed by atoms with van der Waals surface area (Å²) < 4.78 is 52.8. The molecule has 0 radical (unpaired) electrons. The van der Waals surface area contributed by atoms with Crippen LogP contribution in [0.15, 0.2) is 29.2 Å². The Balaban J connectivity index is 3.17. The standard InChI is InChI=1S/C11H13F2NO5S/c1-19-6-8(10(15)16)14-7-4-2-3-5-9(7)20(17,18)11(12)13/h2-5,8,11,14H,6H2,1H3,(H,15,16). The highest BCUT2D eigenvalue weighted by Crippen LogP contribution is 2.26. The van der Waals surface area contributed by atoms with Crippen LogP contribution in [-0.4, -0.2) is 45.0 Å². The summed E-state index contributed by atoms with van der Waals surface area (Å²) in [6, 6.07) is 3.61. The monoisotopic (exact) mass is 309 g/mol. The summed E-state index contributed by atoms with van der Waals surface area (Å²) in [4.78, 5) is 10.3. The van der Waals surface area contributed by atoms with Crippen molar-refractivity contribution in [2.75, 3.05) is 19.0 Å². The second-order valence-corrected chi connectivity index (χ2v) is 5.68. The zero-order chi connectivity index (χ0) is 15.3. The second-order valence-electron chi connectivity index (χ2n) is 3.79. The summed E-state index contributed by atoms with van der Waals surface area (Å²) >= 11 is 0. The molecule has 0 saturated carbocycles. The fraction of sp³-hybridized carbons (Fsp3) is 0.364. The molecular weight excluding hydrogens is 296 g/mol. The van der Waals surface area contributed by atoms with E-state index in [4.69, 9.17) is 5.11 Å². The molecule has 0 fully saturated rings. The van der Waals surface area contributed by atoms with Crippen molar-refractivity contribution in [3.8, 4) is 0 Å². The molecule has 0 aliphatic heterocycles. The topological polar surface area (TPSA) is 92.7 Å². The van der Waals surface area contributed by atoms with Crippen LogP contribution >= 0.6 is 0 Å². The number of sulfone groups is 1. The van der Waals surface area contributed by atoms with Crippen molar-refractivity contribution >= 4 is 21.5 Å². The predicted molar refractivity (Wildman–Crippen MR) is 66.6 cm³/mol. The van der Waals surface area contributed by atoms with Crippen molar-refractivity contribution in [2.24, 2.45) is 0 Å². The van der Waals surface area contributed by atoms with Gasteiger partial charge in [-0.15, -0.1) is 0 Å². The van der Waals surface area contributed by atoms with Gasteiger partial charge in [0.25, 0.3) is 0 Å². The number of rotatable bonds is 7. The van der Waals surface area contributed by atoms with Crippen molar-refractivity contribution in [1.82, 2.24) is 0 Å². The quantitative estimate of drug-likeness (QED) is 0.786. The number of benzene rings is 1. The number of nitrogens with one attached hydrogen (secondary N) is 1. The van der Waals surface area contributed by atoms with Crippen LogP contribution < -0.4 is 5.32 Å². The van der Waals surface area contributed by atoms with Gasteiger partial charge in [-0.3, -0.25) is 0 Å². The molecule has 1 aromatic rings. The molecule has 0 aromatic heterocycles. The number of hydrogen-bond donors (Lipinski definition) is 2. The number of methoxy groups -OCH3 is 1. The summed E-state index contributed by atoms with van der Waals surface area (Å²) in [5, 5.41) is 11.3. The lowest BCUT2D eigenvalue weighted by atomic mass is 10.2. The zero-order valence-corrected chi connectivity index (χ0v) is 11.2. The van der Waals surface area contributed by atoms with Gasteiger partial charge in [-0.05, 0) is 12.1 Å². The molecule has 1 rings (SSSR count). The van der Waals surface area contributed by atoms with Gasteiger partial charge in [0, 0.05) is 7.11 Å². The van der Waals surface area contributed by atoms with Crippen LogP contribution in [0.3, 0.4) is 0 Å². The number of alkyl halides is 2. The third kappa shape index (κ3) is 3.64. The third-order valence-electron chi connectivity index (χ3n) is 2.39. The Kier molecular flexibility index (Phi) is 5.40. The van der Waals surface area contributed by atoms with Crippen molar-refractivity contribution < 1.29 is 31.8 Å². The molecule has 6 nitrogen and oxygen atoms in total. The average Bonchev–Trinajstić information content (AvgIpc) is 2.38. The van der Waals surface area contributed by atoms with E-state index in [0.29, 0.717) is 0 Å². The summed E-state index contributed by atoms with van der Waals surface area (Å²) in [5.41, 5.74) is -0.211. The van der Waals surface area contributed by atoms with Crippen LogP contribution in [-0.2, 0) is 19.4 Å². The van der Waals surface area contributed by atoms with Crippen molar-refractivity contribution in [3.63, 3.8) is 0 Å². The van der Waals surface area contributed by atoms with Gasteiger partial charge < -0.3 is 15.2 Å². The van der Waals surface area contributed by atoms with E-state index in [-0.39, 0.29) is 12.3 Å². The fourth-order valence-electron chi connectivity index (χ4n) is 1.46. The van der Waals surface area contributed by atoms with Crippen LogP contribution in [0.25, 0.3) is 0 Å². The summed E-state index contributed by atoms with van der Waals surface area (Å²) in [5.74, 6) is -4.88. The highest BCUT2D eigenvalue weighted by Gasteiger charge is 2.30. The van der Waals surface area contributed by atoms with Crippen LogP contribution in [0.1, 0.15) is 0 Å². The molecular formula is C11H13F2NO5S. The Bertz CT molecular complexity index is 576. The van der Waals surface area contributed by atoms with E-state index in [0.717, 1.165) is 6.07 Å². The fourth-order valence-corrected chi connectivity index (χ4v) is 2.35. The van der Waals surface area contributed by atoms with E-state index >= 15 is 0 Å². The Hall–Kier alpha value is -1.74. The lowest BCUT2D eigenvalue weighted by Gasteiger charge is -2.17. The van der Waals surface area contributed by atoms with E-state index in [2.05, 4.69) is 10.1 Å². The molecule has 0 bridgehead atoms. The molecule has 0 amide bonds. The lowest BCUT2D eigenvalue weighted by molar-refractivity contribution is -0.139. The molecule has 1 unspecified atom stereocenters. The number of aliphatic carboxylic acids is 1. The highest BCUT2D eigenvalue weighted by atomic mass is 32.2. The number of anilines is 1. The Morgan fingerprint density at radius 1 is 1.40 bits per heavy atom. The number of carboxylic acids is 1. The van der Waals surface area contributed by atoms with Gasteiger partial charge in [-0.1, -0.05) is 12.1 Å². The molecule has 20 heavy (non-hydrogen) atoms. The number of ether oxygens (including phenoxy) is 1. The Morgan fingerprint density at radius 3 is 2.50 bits per heavy atom. The summed E-state index contributed by atoms with van der Waals surface area (Å²) in [6.07, 6.45) is 0. The van der Waals surface area contributed by atoms with Gasteiger partial charge in [0.2, 0.25) is 9.84 Å². The zero-order valence-electron chi connectivity index (χ0n) is 10.4. The first-order valence-corrected chi connectivity index (χ1v) is 6.94. The number of hydrogen-bond acceptors (Lipinski definition) is 5. The summed E-state index contributed by atoms with van der Waals surface area (Å²) in [6.45, 7) is -0.252. The SMILES string of the molecule is COCC(Nc1ccccc1S(=O)(=O)C(F)F)C(=O)O. The van der Waals surface area contributed by atoms with Crippen LogP contribution in [0.4, 0.5) is 14.5 Å². The van der Waals surface area contributed by atoms with Crippen LogP contribution in [0, 0.1) is 0 Å². The predicted octanol–water partition coefficient (Wildman–Crippen LogP) is 1.19. The number of carboxylic acid groups (broad SMARTS) is 1. The maximum Gasteiger partial charge on any atom is 0.341 e. The van der Waals surface area contributed by atoms with Gasteiger partial charge in [0.05, 0.1) is 17.2 Å². The molecule has 0 heterocycles. The first-order chi connectivity index (χ1) is 9.30.